The van der Waals surface area contributed by atoms with Gasteiger partial charge in [-0.05, 0) is 67.1 Å². The number of unbranched alkanes of at least 4 members (excludes halogenated alkanes) is 2. The molecule has 0 aromatic heterocycles. The van der Waals surface area contributed by atoms with Crippen LogP contribution in [-0.2, 0) is 77.8 Å². The molecule has 4 heterocycles. The number of hydrogen-bond acceptors (Lipinski definition) is 7. The van der Waals surface area contributed by atoms with Crippen molar-refractivity contribution in [3.63, 3.8) is 0 Å². The molecule has 0 saturated heterocycles. The van der Waals surface area contributed by atoms with Crippen molar-refractivity contribution in [3.05, 3.63) is 113 Å². The fourth-order valence-corrected chi connectivity index (χ4v) is 7.45. The number of carbonyl (C=O) groups excluding carboxylic acids is 3. The quantitative estimate of drug-likeness (QED) is 0.120. The number of fused-ring (bicyclic) bond motifs is 8. The van der Waals surface area contributed by atoms with E-state index < -0.39 is 0 Å². The van der Waals surface area contributed by atoms with E-state index >= 15 is 0 Å². The van der Waals surface area contributed by atoms with Crippen LogP contribution in [0.1, 0.15) is 75.1 Å². The second-order valence-corrected chi connectivity index (χ2v) is 13.4. The number of nitrogens with zero attached hydrogens (tertiary/aromatic N) is 3. The van der Waals surface area contributed by atoms with Crippen LogP contribution in [0.25, 0.3) is 0 Å². The molecule has 0 spiro atoms. The van der Waals surface area contributed by atoms with Gasteiger partial charge in [0.2, 0.25) is 5.91 Å². The zero-order valence-corrected chi connectivity index (χ0v) is 36.4. The van der Waals surface area contributed by atoms with E-state index in [0.717, 1.165) is 77.9 Å². The maximum absolute atomic E-state index is 13.7. The summed E-state index contributed by atoms with van der Waals surface area (Å²) in [4.78, 5) is 45.2. The molecule has 0 bridgehead atoms. The summed E-state index contributed by atoms with van der Waals surface area (Å²) in [5.41, 5.74) is 8.06. The minimum absolute atomic E-state index is 0. The standard InChI is InChI=1S/C38H34N3O5.C5H8O.W.Y/c1-23-16-29-24(12-13-27-17-25-8-3-5-10-32(25)40(27)37(29)42)19-34(23)45-14-7-15-46-36-21-31-30(20-35(36)44-2)38(43)41-28(22-39-31)18-26-9-4-6-11-33(26)41;1-2-3-4-5-6;;/h3-4,6,8-11,16,19-22,27-28H,7,12-15,17-18H2,1-2H3;1-4H2;;/q-1;-2;;/t27-,28+;;;/m1.../s1. The Morgan fingerprint density at radius 2 is 1.65 bits per heavy atom. The molecule has 9 nitrogen and oxygen atoms in total. The Balaban J connectivity index is 0.000000650. The summed E-state index contributed by atoms with van der Waals surface area (Å²) in [6, 6.07) is 24.6. The molecular weight excluding hydrogens is 927 g/mol. The predicted molar refractivity (Wildman–Crippen MR) is 201 cm³/mol. The Morgan fingerprint density at radius 1 is 0.889 bits per heavy atom. The van der Waals surface area contributed by atoms with E-state index in [4.69, 9.17) is 19.2 Å². The summed E-state index contributed by atoms with van der Waals surface area (Å²) in [5.74, 6) is 1.78. The van der Waals surface area contributed by atoms with Crippen LogP contribution in [0.15, 0.2) is 71.7 Å². The third-order valence-electron chi connectivity index (χ3n) is 10.1. The van der Waals surface area contributed by atoms with Crippen LogP contribution in [0.2, 0.25) is 0 Å². The van der Waals surface area contributed by atoms with Crippen molar-refractivity contribution in [2.75, 3.05) is 30.1 Å². The smallest absolute Gasteiger partial charge is 0.261 e. The number of carbonyl (C=O) groups is 2. The van der Waals surface area contributed by atoms with Crippen LogP contribution < -0.4 is 24.0 Å². The third-order valence-corrected chi connectivity index (χ3v) is 10.1. The molecule has 8 rings (SSSR count). The molecule has 1 radical (unpaired) electrons. The van der Waals surface area contributed by atoms with Crippen molar-refractivity contribution in [1.29, 1.82) is 0 Å². The second-order valence-electron chi connectivity index (χ2n) is 13.4. The number of aryl methyl sites for hydroxylation is 2. The van der Waals surface area contributed by atoms with Crippen LogP contribution in [-0.4, -0.2) is 56.7 Å². The first-order chi connectivity index (χ1) is 25.4. The number of anilines is 2. The molecule has 0 N–H and O–H groups in total. The van der Waals surface area contributed by atoms with Crippen LogP contribution >= 0.6 is 0 Å². The maximum Gasteiger partial charge on any atom is 0.261 e. The number of hydrogen-bond donors (Lipinski definition) is 0. The Hall–Kier alpha value is -3.65. The minimum Gasteiger partial charge on any atom is -0.542 e. The molecule has 4 aromatic rings. The van der Waals surface area contributed by atoms with Gasteiger partial charge in [0.05, 0.1) is 37.6 Å². The average Bonchev–Trinajstić information content (AvgIpc) is 3.66. The molecule has 0 fully saturated rings. The van der Waals surface area contributed by atoms with Gasteiger partial charge in [0, 0.05) is 96.2 Å². The summed E-state index contributed by atoms with van der Waals surface area (Å²) in [7, 11) is 1.57. The summed E-state index contributed by atoms with van der Waals surface area (Å²) in [6.45, 7) is 6.37. The van der Waals surface area contributed by atoms with E-state index in [0.29, 0.717) is 48.8 Å². The number of para-hydroxylation sites is 1. The second kappa shape index (κ2) is 18.8. The first-order valence-corrected chi connectivity index (χ1v) is 18.0. The van der Waals surface area contributed by atoms with Crippen LogP contribution in [0.4, 0.5) is 17.1 Å². The van der Waals surface area contributed by atoms with Gasteiger partial charge in [0.1, 0.15) is 5.75 Å². The van der Waals surface area contributed by atoms with E-state index in [1.165, 1.54) is 5.56 Å². The minimum atomic E-state index is -0.119. The van der Waals surface area contributed by atoms with Crippen molar-refractivity contribution in [3.8, 4) is 17.2 Å². The maximum atomic E-state index is 13.7. The summed E-state index contributed by atoms with van der Waals surface area (Å²) >= 11 is 0. The van der Waals surface area contributed by atoms with Crippen LogP contribution in [0, 0.1) is 19.9 Å². The number of aliphatic imine (C=N–C) groups is 1. The van der Waals surface area contributed by atoms with Gasteiger partial charge in [0.15, 0.2) is 11.5 Å². The Bertz CT molecular complexity index is 2040. The monoisotopic (exact) mass is 969 g/mol. The largest absolute Gasteiger partial charge is 0.542 e. The molecule has 277 valence electrons. The van der Waals surface area contributed by atoms with E-state index in [1.807, 2.05) is 65.4 Å². The van der Waals surface area contributed by atoms with Gasteiger partial charge in [-0.15, -0.1) is 12.0 Å². The van der Waals surface area contributed by atoms with Crippen molar-refractivity contribution in [2.45, 2.75) is 70.4 Å². The van der Waals surface area contributed by atoms with Gasteiger partial charge < -0.3 is 30.8 Å². The Kier molecular flexibility index (Phi) is 14.4. The number of methoxy groups -OCH3 is 1. The van der Waals surface area contributed by atoms with Gasteiger partial charge >= 0.3 is 0 Å². The zero-order valence-electron chi connectivity index (χ0n) is 30.6. The van der Waals surface area contributed by atoms with Crippen molar-refractivity contribution in [1.82, 2.24) is 0 Å². The number of rotatable bonds is 10. The van der Waals surface area contributed by atoms with E-state index in [-0.39, 0.29) is 77.7 Å². The first kappa shape index (κ1) is 41.5. The van der Waals surface area contributed by atoms with Crippen LogP contribution in [0.3, 0.4) is 0 Å². The third kappa shape index (κ3) is 8.44. The van der Waals surface area contributed by atoms with Gasteiger partial charge in [-0.3, -0.25) is 25.8 Å². The molecule has 4 aliphatic heterocycles. The molecule has 0 unspecified atom stereocenters. The fraction of sp³-hybridized carbons (Fsp3) is 0.326. The molecule has 2 atom stereocenters. The zero-order chi connectivity index (χ0) is 36.2. The normalized spacial score (nSPS) is 17.0. The van der Waals surface area contributed by atoms with Crippen molar-refractivity contribution < 1.29 is 82.4 Å². The van der Waals surface area contributed by atoms with Crippen molar-refractivity contribution in [2.24, 2.45) is 4.99 Å². The molecule has 54 heavy (non-hydrogen) atoms. The van der Waals surface area contributed by atoms with E-state index in [9.17, 15) is 14.4 Å². The van der Waals surface area contributed by atoms with Gasteiger partial charge in [0.25, 0.3) is 5.91 Å². The summed E-state index contributed by atoms with van der Waals surface area (Å²) in [5, 5.41) is 0. The number of ether oxygens (including phenoxy) is 3. The summed E-state index contributed by atoms with van der Waals surface area (Å²) < 4.78 is 18.0. The molecule has 4 aliphatic rings. The number of benzene rings is 4. The fourth-order valence-electron chi connectivity index (χ4n) is 7.45. The first-order valence-electron chi connectivity index (χ1n) is 18.0. The number of amides is 2. The van der Waals surface area contributed by atoms with E-state index in [1.54, 1.807) is 25.5 Å². The summed E-state index contributed by atoms with van der Waals surface area (Å²) in [6.07, 6.45) is 9.90. The van der Waals surface area contributed by atoms with Gasteiger partial charge in [-0.25, -0.2) is 0 Å². The topological polar surface area (TPSA) is 97.7 Å². The molecule has 0 aliphatic carbocycles. The van der Waals surface area contributed by atoms with Gasteiger partial charge in [-0.1, -0.05) is 23.9 Å². The average molecular weight is 970 g/mol. The molecule has 2 amide bonds. The van der Waals surface area contributed by atoms with Crippen molar-refractivity contribution >= 4 is 41.4 Å². The Morgan fingerprint density at radius 3 is 2.41 bits per heavy atom. The molecular formula is C43H42N3O6WY-3. The molecule has 11 heteroatoms. The predicted octanol–water partition coefficient (Wildman–Crippen LogP) is 7.55. The van der Waals surface area contributed by atoms with E-state index in [2.05, 4.69) is 25.1 Å². The SMILES string of the molecule is COc1cc2c(cc1OCCCOc1cc3c(cc1C)C(=O)N1c4c[c-]ccc4C[C@H]1CC3)N=C[C@@H]1Cc3ccccc3N1C2=O.[CH2-]CCC[C-]=O.[W].[Y]. The molecule has 4 aromatic carbocycles. The van der Waals surface area contributed by atoms with Gasteiger partial charge in [-0.2, -0.15) is 37.1 Å². The molecule has 0 saturated carbocycles. The Labute approximate surface area is 357 Å². The van der Waals surface area contributed by atoms with Crippen LogP contribution in [0.5, 0.6) is 17.2 Å².